The van der Waals surface area contributed by atoms with Crippen LogP contribution in [0.1, 0.15) is 0 Å². The minimum Gasteiger partial charge on any atom is -0.453 e. The van der Waals surface area contributed by atoms with Gasteiger partial charge in [-0.05, 0) is 36.4 Å². The number of hydrogen-bond acceptors (Lipinski definition) is 3. The number of imidazole rings is 1. The molecule has 0 fully saturated rings. The van der Waals surface area contributed by atoms with Crippen LogP contribution in [0.5, 0.6) is 11.5 Å². The lowest BCUT2D eigenvalue weighted by molar-refractivity contribution is 0.430. The lowest BCUT2D eigenvalue weighted by atomic mass is 10.2. The first-order chi connectivity index (χ1) is 15.5. The molecule has 0 saturated heterocycles. The van der Waals surface area contributed by atoms with E-state index in [-0.39, 0.29) is 5.75 Å². The van der Waals surface area contributed by atoms with Crippen molar-refractivity contribution in [2.24, 2.45) is 0 Å². The molecule has 32 heavy (non-hydrogen) atoms. The molecule has 0 saturated carbocycles. The quantitative estimate of drug-likeness (QED) is 0.285. The van der Waals surface area contributed by atoms with Gasteiger partial charge < -0.3 is 9.72 Å². The largest absolute Gasteiger partial charge is 0.453 e. The fourth-order valence-electron chi connectivity index (χ4n) is 3.24. The van der Waals surface area contributed by atoms with Crippen LogP contribution in [0.25, 0.3) is 22.4 Å². The van der Waals surface area contributed by atoms with Crippen LogP contribution in [0.3, 0.4) is 0 Å². The second kappa shape index (κ2) is 8.65. The summed E-state index contributed by atoms with van der Waals surface area (Å²) in [5.41, 5.74) is 2.41. The average Bonchev–Trinajstić information content (AvgIpc) is 3.19. The maximum atomic E-state index is 14.3. The zero-order chi connectivity index (χ0) is 22.1. The summed E-state index contributed by atoms with van der Waals surface area (Å²) < 4.78 is 33.5. The van der Waals surface area contributed by atoms with E-state index in [1.807, 2.05) is 54.6 Å². The Morgan fingerprint density at radius 2 is 1.69 bits per heavy atom. The van der Waals surface area contributed by atoms with Gasteiger partial charge in [-0.1, -0.05) is 59.8 Å². The molecule has 0 unspecified atom stereocenters. The molecule has 7 heteroatoms. The van der Waals surface area contributed by atoms with Gasteiger partial charge in [0, 0.05) is 27.6 Å². The van der Waals surface area contributed by atoms with Crippen molar-refractivity contribution >= 4 is 34.4 Å². The van der Waals surface area contributed by atoms with E-state index >= 15 is 0 Å². The zero-order valence-corrected chi connectivity index (χ0v) is 18.1. The molecule has 0 spiro atoms. The van der Waals surface area contributed by atoms with Gasteiger partial charge in [-0.15, -0.1) is 0 Å². The Bertz CT molecular complexity index is 1420. The summed E-state index contributed by atoms with van der Waals surface area (Å²) in [4.78, 5) is 9.60. The standard InChI is InChI=1S/C25H15ClF2N2OS/c26-16-7-4-8-18(11-16)32-24-14-21-20(29-25(30-21)15-5-2-1-3-6-15)13-23(24)31-22-10-9-17(27)12-19(22)28/h1-14H,(H,29,30). The molecule has 0 atom stereocenters. The van der Waals surface area contributed by atoms with Crippen LogP contribution in [0.2, 0.25) is 5.02 Å². The van der Waals surface area contributed by atoms with Gasteiger partial charge in [0.15, 0.2) is 11.6 Å². The van der Waals surface area contributed by atoms with Gasteiger partial charge in [-0.25, -0.2) is 13.8 Å². The van der Waals surface area contributed by atoms with Gasteiger partial charge >= 0.3 is 0 Å². The molecule has 0 bridgehead atoms. The third-order valence-electron chi connectivity index (χ3n) is 4.73. The number of aromatic nitrogens is 2. The van der Waals surface area contributed by atoms with Crippen molar-refractivity contribution in [3.63, 3.8) is 0 Å². The van der Waals surface area contributed by atoms with Crippen LogP contribution in [0, 0.1) is 11.6 Å². The number of hydrogen-bond donors (Lipinski definition) is 1. The number of nitrogens with one attached hydrogen (secondary N) is 1. The number of rotatable bonds is 5. The predicted molar refractivity (Wildman–Crippen MR) is 124 cm³/mol. The summed E-state index contributed by atoms with van der Waals surface area (Å²) in [6.07, 6.45) is 0. The van der Waals surface area contributed by atoms with Gasteiger partial charge in [-0.3, -0.25) is 0 Å². The minimum absolute atomic E-state index is 0.0681. The van der Waals surface area contributed by atoms with Crippen molar-refractivity contribution in [3.8, 4) is 22.9 Å². The first kappa shape index (κ1) is 20.5. The summed E-state index contributed by atoms with van der Waals surface area (Å²) in [7, 11) is 0. The second-order valence-electron chi connectivity index (χ2n) is 7.00. The molecule has 0 aliphatic heterocycles. The summed E-state index contributed by atoms with van der Waals surface area (Å²) in [6, 6.07) is 24.0. The zero-order valence-electron chi connectivity index (χ0n) is 16.5. The lowest BCUT2D eigenvalue weighted by Crippen LogP contribution is -1.92. The highest BCUT2D eigenvalue weighted by Crippen LogP contribution is 2.41. The molecule has 0 amide bonds. The van der Waals surface area contributed by atoms with Crippen LogP contribution in [-0.4, -0.2) is 9.97 Å². The number of nitrogens with zero attached hydrogens (tertiary/aromatic N) is 1. The van der Waals surface area contributed by atoms with E-state index in [1.165, 1.54) is 17.8 Å². The molecule has 4 aromatic carbocycles. The average molecular weight is 465 g/mol. The normalized spacial score (nSPS) is 11.1. The fraction of sp³-hybridized carbons (Fsp3) is 0. The van der Waals surface area contributed by atoms with Crippen molar-refractivity contribution in [2.45, 2.75) is 9.79 Å². The maximum absolute atomic E-state index is 14.3. The summed E-state index contributed by atoms with van der Waals surface area (Å²) in [6.45, 7) is 0. The number of ether oxygens (including phenoxy) is 1. The topological polar surface area (TPSA) is 37.9 Å². The third kappa shape index (κ3) is 4.33. The molecule has 5 rings (SSSR count). The van der Waals surface area contributed by atoms with Crippen molar-refractivity contribution in [3.05, 3.63) is 102 Å². The van der Waals surface area contributed by atoms with E-state index in [4.69, 9.17) is 21.3 Å². The minimum atomic E-state index is -0.779. The van der Waals surface area contributed by atoms with Gasteiger partial charge in [-0.2, -0.15) is 0 Å². The fourth-order valence-corrected chi connectivity index (χ4v) is 4.46. The second-order valence-corrected chi connectivity index (χ2v) is 8.56. The summed E-state index contributed by atoms with van der Waals surface area (Å²) in [5, 5.41) is 0.606. The molecular weight excluding hydrogens is 450 g/mol. The molecule has 0 aliphatic rings. The summed E-state index contributed by atoms with van der Waals surface area (Å²) in [5.74, 6) is -0.388. The monoisotopic (exact) mass is 464 g/mol. The molecule has 5 aromatic rings. The highest BCUT2D eigenvalue weighted by molar-refractivity contribution is 7.99. The highest BCUT2D eigenvalue weighted by Gasteiger charge is 2.15. The lowest BCUT2D eigenvalue weighted by Gasteiger charge is -2.12. The van der Waals surface area contributed by atoms with E-state index < -0.39 is 11.6 Å². The SMILES string of the molecule is Fc1ccc(Oc2cc3[nH]c(-c4ccccc4)nc3cc2Sc2cccc(Cl)c2)c(F)c1. The number of halogens is 3. The molecule has 1 N–H and O–H groups in total. The van der Waals surface area contributed by atoms with E-state index in [0.717, 1.165) is 38.5 Å². The number of H-pyrrole nitrogens is 1. The Hall–Kier alpha value is -3.35. The molecular formula is C25H15ClF2N2OS. The van der Waals surface area contributed by atoms with E-state index in [9.17, 15) is 8.78 Å². The van der Waals surface area contributed by atoms with Crippen LogP contribution in [0.4, 0.5) is 8.78 Å². The number of fused-ring (bicyclic) bond motifs is 1. The van der Waals surface area contributed by atoms with Gasteiger partial charge in [0.05, 0.1) is 15.9 Å². The smallest absolute Gasteiger partial charge is 0.168 e. The Kier molecular flexibility index (Phi) is 5.55. The highest BCUT2D eigenvalue weighted by atomic mass is 35.5. The number of benzene rings is 4. The van der Waals surface area contributed by atoms with Crippen molar-refractivity contribution in [1.29, 1.82) is 0 Å². The van der Waals surface area contributed by atoms with Crippen molar-refractivity contribution < 1.29 is 13.5 Å². The third-order valence-corrected chi connectivity index (χ3v) is 6.00. The molecule has 1 heterocycles. The molecule has 0 aliphatic carbocycles. The summed E-state index contributed by atoms with van der Waals surface area (Å²) >= 11 is 7.55. The van der Waals surface area contributed by atoms with E-state index in [0.29, 0.717) is 16.6 Å². The van der Waals surface area contributed by atoms with E-state index in [1.54, 1.807) is 12.1 Å². The molecule has 0 radical (unpaired) electrons. The predicted octanol–water partition coefficient (Wildman–Crippen LogP) is 8.11. The Labute approximate surface area is 192 Å². The van der Waals surface area contributed by atoms with Gasteiger partial charge in [0.1, 0.15) is 17.4 Å². The number of aromatic amines is 1. The Morgan fingerprint density at radius 3 is 2.47 bits per heavy atom. The Balaban J connectivity index is 1.61. The van der Waals surface area contributed by atoms with Gasteiger partial charge in [0.25, 0.3) is 0 Å². The Morgan fingerprint density at radius 1 is 0.844 bits per heavy atom. The van der Waals surface area contributed by atoms with Crippen LogP contribution >= 0.6 is 23.4 Å². The van der Waals surface area contributed by atoms with Crippen molar-refractivity contribution in [1.82, 2.24) is 9.97 Å². The van der Waals surface area contributed by atoms with Crippen molar-refractivity contribution in [2.75, 3.05) is 0 Å². The first-order valence-electron chi connectivity index (χ1n) is 9.71. The van der Waals surface area contributed by atoms with Crippen LogP contribution < -0.4 is 4.74 Å². The van der Waals surface area contributed by atoms with Gasteiger partial charge in [0.2, 0.25) is 0 Å². The molecule has 1 aromatic heterocycles. The first-order valence-corrected chi connectivity index (χ1v) is 10.9. The maximum Gasteiger partial charge on any atom is 0.168 e. The van der Waals surface area contributed by atoms with E-state index in [2.05, 4.69) is 4.98 Å². The molecule has 158 valence electrons. The van der Waals surface area contributed by atoms with Crippen LogP contribution in [0.15, 0.2) is 94.7 Å². The molecule has 3 nitrogen and oxygen atoms in total. The van der Waals surface area contributed by atoms with Crippen LogP contribution in [-0.2, 0) is 0 Å².